The summed E-state index contributed by atoms with van der Waals surface area (Å²) >= 11 is 0. The number of aliphatic hydroxyl groups excluding tert-OH is 2. The summed E-state index contributed by atoms with van der Waals surface area (Å²) in [5.41, 5.74) is -1.48. The summed E-state index contributed by atoms with van der Waals surface area (Å²) in [5, 5.41) is 41.3. The van der Waals surface area contributed by atoms with Crippen LogP contribution in [-0.2, 0) is 0 Å². The highest BCUT2D eigenvalue weighted by Crippen LogP contribution is 2.17. The van der Waals surface area contributed by atoms with Crippen molar-refractivity contribution in [1.82, 2.24) is 20.2 Å². The number of nitrogens with zero attached hydrogens (tertiary/aromatic N) is 2. The number of phenols is 1. The summed E-state index contributed by atoms with van der Waals surface area (Å²) in [6.45, 7) is 2.99. The van der Waals surface area contributed by atoms with Crippen molar-refractivity contribution >= 4 is 34.2 Å². The normalized spacial score (nSPS) is 12.2. The van der Waals surface area contributed by atoms with Gasteiger partial charge in [-0.15, -0.1) is 0 Å². The lowest BCUT2D eigenvalue weighted by atomic mass is 10.1. The topological polar surface area (TPSA) is 176 Å². The van der Waals surface area contributed by atoms with Crippen LogP contribution in [0.25, 0.3) is 28.3 Å². The van der Waals surface area contributed by atoms with Gasteiger partial charge in [-0.25, -0.2) is 9.78 Å². The lowest BCUT2D eigenvalue weighted by Crippen LogP contribution is -2.35. The Hall–Kier alpha value is -3.54. The number of H-pyrrole nitrogens is 1. The fraction of sp³-hybridized carbons (Fsp3) is 0.333. The number of benzene rings is 2. The Bertz CT molecular complexity index is 1330. The van der Waals surface area contributed by atoms with Crippen LogP contribution in [0.15, 0.2) is 21.7 Å². The number of hydrogen-bond donors (Lipinski definition) is 6. The molecule has 0 saturated heterocycles. The highest BCUT2D eigenvalue weighted by atomic mass is 16.4. The van der Waals surface area contributed by atoms with Gasteiger partial charge in [0.25, 0.3) is 0 Å². The van der Waals surface area contributed by atoms with Gasteiger partial charge in [0.15, 0.2) is 0 Å². The highest BCUT2D eigenvalue weighted by molar-refractivity contribution is 6.02. The second kappa shape index (κ2) is 9.73. The Morgan fingerprint density at radius 3 is 2.44 bits per heavy atom. The van der Waals surface area contributed by atoms with E-state index in [4.69, 9.17) is 10.2 Å². The van der Waals surface area contributed by atoms with Gasteiger partial charge >= 0.3 is 5.97 Å². The summed E-state index contributed by atoms with van der Waals surface area (Å²) in [4.78, 5) is 45.4. The van der Waals surface area contributed by atoms with Gasteiger partial charge in [0, 0.05) is 37.9 Å². The molecule has 0 aliphatic rings. The minimum atomic E-state index is -1.28. The van der Waals surface area contributed by atoms with E-state index in [1.807, 2.05) is 4.90 Å². The molecule has 0 unspecified atom stereocenters. The third-order valence-corrected chi connectivity index (χ3v) is 5.17. The fourth-order valence-electron chi connectivity index (χ4n) is 3.46. The molecule has 11 heteroatoms. The molecule has 6 N–H and O–H groups in total. The van der Waals surface area contributed by atoms with Crippen molar-refractivity contribution < 1.29 is 25.2 Å². The van der Waals surface area contributed by atoms with Crippen molar-refractivity contribution in [3.05, 3.63) is 48.9 Å². The zero-order chi connectivity index (χ0) is 23.4. The molecule has 1 aromatic heterocycles. The molecule has 32 heavy (non-hydrogen) atoms. The Morgan fingerprint density at radius 1 is 1.12 bits per heavy atom. The molecule has 0 amide bonds. The number of hydrogen-bond acceptors (Lipinski definition) is 9. The average Bonchev–Trinajstić information content (AvgIpc) is 2.76. The summed E-state index contributed by atoms with van der Waals surface area (Å²) < 4.78 is 0. The monoisotopic (exact) mass is 444 g/mol. The van der Waals surface area contributed by atoms with E-state index >= 15 is 0 Å². The van der Waals surface area contributed by atoms with Crippen LogP contribution in [-0.4, -0.2) is 80.7 Å². The summed E-state index contributed by atoms with van der Waals surface area (Å²) in [6.07, 6.45) is 1.46. The van der Waals surface area contributed by atoms with Crippen molar-refractivity contribution in [2.45, 2.75) is 6.92 Å². The molecule has 0 saturated carbocycles. The molecule has 170 valence electrons. The van der Waals surface area contributed by atoms with Crippen LogP contribution in [0.4, 0.5) is 0 Å². The number of aliphatic hydroxyl groups is 2. The number of aromatic hydroxyl groups is 1. The van der Waals surface area contributed by atoms with E-state index in [9.17, 15) is 24.6 Å². The van der Waals surface area contributed by atoms with Crippen LogP contribution >= 0.6 is 0 Å². The predicted molar refractivity (Wildman–Crippen MR) is 118 cm³/mol. The van der Waals surface area contributed by atoms with E-state index in [1.165, 1.54) is 13.1 Å². The molecule has 3 rings (SSSR count). The van der Waals surface area contributed by atoms with Gasteiger partial charge in [-0.05, 0) is 19.1 Å². The molecule has 0 spiro atoms. The van der Waals surface area contributed by atoms with Gasteiger partial charge in [0.05, 0.1) is 29.5 Å². The first kappa shape index (κ1) is 23.1. The van der Waals surface area contributed by atoms with E-state index in [-0.39, 0.29) is 57.4 Å². The van der Waals surface area contributed by atoms with E-state index < -0.39 is 16.8 Å². The number of nitrogens with one attached hydrogen (secondary N) is 2. The van der Waals surface area contributed by atoms with Gasteiger partial charge < -0.3 is 30.7 Å². The number of rotatable bonds is 9. The highest BCUT2D eigenvalue weighted by Gasteiger charge is 2.18. The van der Waals surface area contributed by atoms with Crippen molar-refractivity contribution in [1.29, 1.82) is 0 Å². The molecule has 3 aromatic rings. The maximum Gasteiger partial charge on any atom is 0.337 e. The molecule has 0 atom stereocenters. The maximum absolute atomic E-state index is 12.7. The van der Waals surface area contributed by atoms with Crippen LogP contribution in [0.1, 0.15) is 15.9 Å². The van der Waals surface area contributed by atoms with Gasteiger partial charge in [-0.2, -0.15) is 0 Å². The fourth-order valence-corrected chi connectivity index (χ4v) is 3.46. The first-order valence-electron chi connectivity index (χ1n) is 9.93. The first-order valence-corrected chi connectivity index (χ1v) is 9.93. The number of aromatic amines is 1. The van der Waals surface area contributed by atoms with Gasteiger partial charge in [0.2, 0.25) is 10.9 Å². The lowest BCUT2D eigenvalue weighted by molar-refractivity contribution is 0.0698. The zero-order valence-corrected chi connectivity index (χ0v) is 17.4. The number of carbonyl (C=O) groups is 1. The van der Waals surface area contributed by atoms with E-state index in [1.54, 1.807) is 0 Å². The van der Waals surface area contributed by atoms with E-state index in [2.05, 4.69) is 15.3 Å². The predicted octanol–water partition coefficient (Wildman–Crippen LogP) is -1.52. The molecule has 2 aromatic carbocycles. The van der Waals surface area contributed by atoms with Crippen LogP contribution in [0, 0.1) is 6.92 Å². The quantitative estimate of drug-likeness (QED) is 0.168. The van der Waals surface area contributed by atoms with E-state index in [0.29, 0.717) is 26.2 Å². The number of carboxylic acid groups (broad SMARTS) is 1. The number of fused-ring (bicyclic) bond motifs is 2. The van der Waals surface area contributed by atoms with Crippen LogP contribution < -0.4 is 21.4 Å². The summed E-state index contributed by atoms with van der Waals surface area (Å²) in [5.74, 6) is -1.58. The molecule has 0 aliphatic heterocycles. The van der Waals surface area contributed by atoms with Gasteiger partial charge in [-0.1, -0.05) is 0 Å². The zero-order valence-electron chi connectivity index (χ0n) is 17.4. The van der Waals surface area contributed by atoms with Crippen LogP contribution in [0.2, 0.25) is 0 Å². The van der Waals surface area contributed by atoms with E-state index in [0.717, 1.165) is 12.1 Å². The number of aromatic carboxylic acids is 1. The molecule has 1 heterocycles. The van der Waals surface area contributed by atoms with Crippen LogP contribution in [0.5, 0.6) is 5.75 Å². The standard InChI is InChI=1S/C21H24N4O7/c1-11-19(29)13(10-22-4-5-25(6-8-26)7-9-27)16-18(20(11)30)24-15-12(21(31)32)2-3-14(28)17(15)23-16/h2-3,10,22,24,26-27,29H,4-9H2,1H3,(H,31,32). The molecule has 11 nitrogen and oxygen atoms in total. The van der Waals surface area contributed by atoms with Crippen LogP contribution in [0.3, 0.4) is 0 Å². The number of phenolic OH excluding ortho intramolecular Hbond substituents is 1. The largest absolute Gasteiger partial charge is 0.507 e. The van der Waals surface area contributed by atoms with Crippen molar-refractivity contribution in [3.8, 4) is 5.75 Å². The minimum Gasteiger partial charge on any atom is -0.507 e. The third kappa shape index (κ3) is 4.40. The van der Waals surface area contributed by atoms with Crippen molar-refractivity contribution in [2.75, 3.05) is 39.4 Å². The molecular formula is C21H24N4O7. The lowest BCUT2D eigenvalue weighted by Gasteiger charge is -2.19. The molecular weight excluding hydrogens is 420 g/mol. The minimum absolute atomic E-state index is 0.0281. The molecule has 0 radical (unpaired) electrons. The third-order valence-electron chi connectivity index (χ3n) is 5.17. The van der Waals surface area contributed by atoms with Crippen molar-refractivity contribution in [2.24, 2.45) is 0 Å². The SMILES string of the molecule is Cc1c(O)c(=CNCCN(CCO)CCO)c2nc3c(=O)ccc(C(=O)O)c3[nH]c2c1=O. The smallest absolute Gasteiger partial charge is 0.337 e. The maximum atomic E-state index is 12.7. The van der Waals surface area contributed by atoms with Gasteiger partial charge in [-0.3, -0.25) is 14.5 Å². The average molecular weight is 444 g/mol. The van der Waals surface area contributed by atoms with Gasteiger partial charge in [0.1, 0.15) is 22.3 Å². The Kier molecular flexibility index (Phi) is 7.03. The van der Waals surface area contributed by atoms with Crippen molar-refractivity contribution in [3.63, 3.8) is 0 Å². The number of aromatic nitrogens is 2. The Morgan fingerprint density at radius 2 is 1.81 bits per heavy atom. The summed E-state index contributed by atoms with van der Waals surface area (Å²) in [6, 6.07) is 2.23. The second-order valence-corrected chi connectivity index (χ2v) is 7.20. The first-order chi connectivity index (χ1) is 15.3. The molecule has 0 bridgehead atoms. The summed E-state index contributed by atoms with van der Waals surface area (Å²) in [7, 11) is 0. The Balaban J connectivity index is 2.14. The molecule has 0 aliphatic carbocycles. The Labute approximate surface area is 181 Å². The second-order valence-electron chi connectivity index (χ2n) is 7.20. The molecule has 0 fully saturated rings. The number of carboxylic acids is 1.